The molecule has 18 heavy (non-hydrogen) atoms. The van der Waals surface area contributed by atoms with Crippen molar-refractivity contribution in [2.75, 3.05) is 0 Å². The molecule has 0 bridgehead atoms. The lowest BCUT2D eigenvalue weighted by Crippen LogP contribution is -2.50. The van der Waals surface area contributed by atoms with E-state index in [1.165, 1.54) is 5.19 Å². The van der Waals surface area contributed by atoms with E-state index in [1.807, 2.05) is 30.3 Å². The molecule has 0 aliphatic carbocycles. The molecule has 1 nitrogen and oxygen atoms in total. The molecule has 0 unspecified atom stereocenters. The molecule has 3 heteroatoms. The largest absolute Gasteiger partial charge is 0.206 e. The third-order valence-electron chi connectivity index (χ3n) is 3.78. The van der Waals surface area contributed by atoms with Crippen molar-refractivity contribution in [3.8, 4) is 17.2 Å². The van der Waals surface area contributed by atoms with Crippen molar-refractivity contribution < 1.29 is 4.39 Å². The maximum Gasteiger partial charge on any atom is 0.141 e. The highest BCUT2D eigenvalue weighted by atomic mass is 28.3. The molecule has 0 radical (unpaired) electrons. The predicted molar refractivity (Wildman–Crippen MR) is 73.3 cm³/mol. The topological polar surface area (TPSA) is 23.8 Å². The Morgan fingerprint density at radius 2 is 1.78 bits per heavy atom. The van der Waals surface area contributed by atoms with Crippen LogP contribution in [0, 0.1) is 17.1 Å². The number of benzene rings is 2. The van der Waals surface area contributed by atoms with Gasteiger partial charge in [-0.3, -0.25) is 0 Å². The van der Waals surface area contributed by atoms with Gasteiger partial charge < -0.3 is 0 Å². The molecule has 0 atom stereocenters. The molecule has 2 aromatic carbocycles. The van der Waals surface area contributed by atoms with E-state index in [9.17, 15) is 4.39 Å². The number of nitrogens with zero attached hydrogens (tertiary/aromatic N) is 1. The van der Waals surface area contributed by atoms with Gasteiger partial charge in [0.25, 0.3) is 0 Å². The Hall–Kier alpha value is -1.92. The maximum absolute atomic E-state index is 14.4. The molecule has 3 rings (SSSR count). The van der Waals surface area contributed by atoms with E-state index in [2.05, 4.69) is 19.2 Å². The number of hydrogen-bond acceptors (Lipinski definition) is 1. The molecule has 0 amide bonds. The van der Waals surface area contributed by atoms with Gasteiger partial charge in [0.2, 0.25) is 0 Å². The van der Waals surface area contributed by atoms with Crippen molar-refractivity contribution >= 4 is 18.4 Å². The number of rotatable bonds is 0. The zero-order chi connectivity index (χ0) is 12.9. The Balaban J connectivity index is 2.43. The second kappa shape index (κ2) is 3.53. The van der Waals surface area contributed by atoms with Gasteiger partial charge in [-0.05, 0) is 27.6 Å². The lowest BCUT2D eigenvalue weighted by atomic mass is 10.0. The fourth-order valence-corrected chi connectivity index (χ4v) is 6.14. The molecule has 0 fully saturated rings. The van der Waals surface area contributed by atoms with Crippen LogP contribution < -0.4 is 10.4 Å². The highest BCUT2D eigenvalue weighted by Crippen LogP contribution is 2.29. The third kappa shape index (κ3) is 1.24. The van der Waals surface area contributed by atoms with Gasteiger partial charge >= 0.3 is 0 Å². The summed E-state index contributed by atoms with van der Waals surface area (Å²) in [5.74, 6) is -0.317. The summed E-state index contributed by atoms with van der Waals surface area (Å²) in [5, 5.41) is 11.0. The molecular formula is C15H12FNSi. The lowest BCUT2D eigenvalue weighted by molar-refractivity contribution is 0.632. The van der Waals surface area contributed by atoms with Crippen LogP contribution in [0.4, 0.5) is 4.39 Å². The van der Waals surface area contributed by atoms with Crippen LogP contribution in [0.25, 0.3) is 11.1 Å². The average molecular weight is 253 g/mol. The van der Waals surface area contributed by atoms with Crippen molar-refractivity contribution in [2.45, 2.75) is 13.1 Å². The number of halogens is 1. The summed E-state index contributed by atoms with van der Waals surface area (Å²) < 4.78 is 14.4. The summed E-state index contributed by atoms with van der Waals surface area (Å²) in [6.45, 7) is 4.28. The van der Waals surface area contributed by atoms with Gasteiger partial charge in [-0.1, -0.05) is 43.4 Å². The molecule has 1 heterocycles. The molecule has 0 N–H and O–H groups in total. The summed E-state index contributed by atoms with van der Waals surface area (Å²) >= 11 is 0. The predicted octanol–water partition coefficient (Wildman–Crippen LogP) is 2.50. The van der Waals surface area contributed by atoms with Gasteiger partial charge in [0.15, 0.2) is 0 Å². The molecule has 0 saturated heterocycles. The minimum atomic E-state index is -2.00. The summed E-state index contributed by atoms with van der Waals surface area (Å²) in [4.78, 5) is 0. The molecule has 0 aromatic heterocycles. The second-order valence-corrected chi connectivity index (χ2v) is 9.42. The summed E-state index contributed by atoms with van der Waals surface area (Å²) in [6, 6.07) is 13.5. The molecule has 0 spiro atoms. The van der Waals surface area contributed by atoms with E-state index >= 15 is 0 Å². The quantitative estimate of drug-likeness (QED) is 0.662. The van der Waals surface area contributed by atoms with Crippen molar-refractivity contribution in [1.82, 2.24) is 0 Å². The highest BCUT2D eigenvalue weighted by molar-refractivity contribution is 7.03. The van der Waals surface area contributed by atoms with Gasteiger partial charge in [0.1, 0.15) is 20.0 Å². The minimum absolute atomic E-state index is 0.155. The number of hydrogen-bond donors (Lipinski definition) is 0. The van der Waals surface area contributed by atoms with Crippen LogP contribution >= 0.6 is 0 Å². The summed E-state index contributed by atoms with van der Waals surface area (Å²) in [7, 11) is -2.00. The Morgan fingerprint density at radius 3 is 2.50 bits per heavy atom. The van der Waals surface area contributed by atoms with E-state index in [4.69, 9.17) is 5.26 Å². The Labute approximate surface area is 107 Å². The third-order valence-corrected chi connectivity index (χ3v) is 7.30. The average Bonchev–Trinajstić information content (AvgIpc) is 2.60. The molecular weight excluding hydrogens is 241 g/mol. The van der Waals surface area contributed by atoms with Gasteiger partial charge in [0, 0.05) is 0 Å². The SMILES string of the molecule is C[Si]1(C)c2ccccc2-c2ccc(C#N)c(F)c21. The second-order valence-electron chi connectivity index (χ2n) is 5.13. The zero-order valence-electron chi connectivity index (χ0n) is 10.3. The minimum Gasteiger partial charge on any atom is -0.206 e. The first-order valence-corrected chi connectivity index (χ1v) is 8.90. The Kier molecular flexibility index (Phi) is 2.20. The van der Waals surface area contributed by atoms with Crippen molar-refractivity contribution in [2.24, 2.45) is 0 Å². The van der Waals surface area contributed by atoms with Crippen LogP contribution in [-0.4, -0.2) is 8.07 Å². The molecule has 88 valence electrons. The first-order valence-electron chi connectivity index (χ1n) is 5.90. The van der Waals surface area contributed by atoms with E-state index < -0.39 is 8.07 Å². The van der Waals surface area contributed by atoms with Crippen LogP contribution in [0.3, 0.4) is 0 Å². The Morgan fingerprint density at radius 1 is 1.06 bits per heavy atom. The monoisotopic (exact) mass is 253 g/mol. The van der Waals surface area contributed by atoms with Crippen molar-refractivity contribution in [1.29, 1.82) is 5.26 Å². The molecule has 1 aliphatic rings. The van der Waals surface area contributed by atoms with Crippen LogP contribution in [0.5, 0.6) is 0 Å². The van der Waals surface area contributed by atoms with E-state index in [0.29, 0.717) is 0 Å². The van der Waals surface area contributed by atoms with Gasteiger partial charge in [-0.2, -0.15) is 5.26 Å². The van der Waals surface area contributed by atoms with Crippen LogP contribution in [0.2, 0.25) is 13.1 Å². The zero-order valence-corrected chi connectivity index (χ0v) is 11.3. The van der Waals surface area contributed by atoms with E-state index in [0.717, 1.165) is 16.3 Å². The summed E-state index contributed by atoms with van der Waals surface area (Å²) in [5.41, 5.74) is 2.26. The van der Waals surface area contributed by atoms with Crippen molar-refractivity contribution in [3.63, 3.8) is 0 Å². The number of fused-ring (bicyclic) bond motifs is 3. The van der Waals surface area contributed by atoms with Crippen LogP contribution in [0.15, 0.2) is 36.4 Å². The number of nitriles is 1. The van der Waals surface area contributed by atoms with E-state index in [1.54, 1.807) is 6.07 Å². The molecule has 1 aliphatic heterocycles. The van der Waals surface area contributed by atoms with Crippen LogP contribution in [-0.2, 0) is 0 Å². The van der Waals surface area contributed by atoms with Gasteiger partial charge in [-0.15, -0.1) is 0 Å². The fraction of sp³-hybridized carbons (Fsp3) is 0.133. The Bertz CT molecular complexity index is 698. The molecule has 2 aromatic rings. The highest BCUT2D eigenvalue weighted by Gasteiger charge is 2.40. The van der Waals surface area contributed by atoms with Gasteiger partial charge in [-0.25, -0.2) is 4.39 Å². The van der Waals surface area contributed by atoms with Crippen LogP contribution in [0.1, 0.15) is 5.56 Å². The summed E-state index contributed by atoms with van der Waals surface area (Å²) in [6.07, 6.45) is 0. The van der Waals surface area contributed by atoms with Gasteiger partial charge in [0.05, 0.1) is 5.56 Å². The van der Waals surface area contributed by atoms with E-state index in [-0.39, 0.29) is 11.4 Å². The van der Waals surface area contributed by atoms with Crippen molar-refractivity contribution in [3.05, 3.63) is 47.8 Å². The normalized spacial score (nSPS) is 14.8. The maximum atomic E-state index is 14.4. The first-order chi connectivity index (χ1) is 8.57. The smallest absolute Gasteiger partial charge is 0.141 e. The molecule has 0 saturated carbocycles. The fourth-order valence-electron chi connectivity index (χ4n) is 2.90. The standard InChI is InChI=1S/C15H12FNSi/c1-18(2)13-6-4-3-5-11(13)12-8-7-10(9-17)14(16)15(12)18/h3-8H,1-2H3. The lowest BCUT2D eigenvalue weighted by Gasteiger charge is -2.19. The first kappa shape index (κ1) is 11.2.